The van der Waals surface area contributed by atoms with Crippen molar-refractivity contribution < 1.29 is 14.6 Å². The van der Waals surface area contributed by atoms with Crippen molar-refractivity contribution in [3.8, 4) is 5.75 Å². The normalized spacial score (nSPS) is 12.2. The van der Waals surface area contributed by atoms with E-state index in [0.717, 1.165) is 11.1 Å². The van der Waals surface area contributed by atoms with E-state index < -0.39 is 5.97 Å². The van der Waals surface area contributed by atoms with Crippen molar-refractivity contribution in [2.45, 2.75) is 26.2 Å². The zero-order chi connectivity index (χ0) is 12.3. The lowest BCUT2D eigenvalue weighted by Gasteiger charge is -2.13. The molecule has 0 saturated carbocycles. The number of rotatable bonds is 4. The van der Waals surface area contributed by atoms with Crippen LogP contribution in [0.3, 0.4) is 0 Å². The molecule has 1 atom stereocenters. The van der Waals surface area contributed by atoms with Crippen LogP contribution in [0.25, 0.3) is 0 Å². The second-order valence-electron chi connectivity index (χ2n) is 3.85. The Balaban J connectivity index is 3.05. The maximum atomic E-state index is 10.6. The minimum absolute atomic E-state index is 0.0534. The average molecular weight is 243 g/mol. The van der Waals surface area contributed by atoms with Crippen molar-refractivity contribution in [2.75, 3.05) is 7.11 Å². The van der Waals surface area contributed by atoms with Crippen molar-refractivity contribution in [2.24, 2.45) is 0 Å². The Kier molecular flexibility index (Phi) is 4.19. The Morgan fingerprint density at radius 3 is 2.69 bits per heavy atom. The molecule has 0 spiro atoms. The number of carboxylic acids is 1. The predicted octanol–water partition coefficient (Wildman–Crippen LogP) is 3.24. The van der Waals surface area contributed by atoms with Crippen LogP contribution < -0.4 is 4.74 Å². The molecule has 0 bridgehead atoms. The summed E-state index contributed by atoms with van der Waals surface area (Å²) in [7, 11) is 1.55. The molecule has 88 valence electrons. The zero-order valence-electron chi connectivity index (χ0n) is 9.58. The largest absolute Gasteiger partial charge is 0.495 e. The van der Waals surface area contributed by atoms with Crippen LogP contribution in [0.4, 0.5) is 0 Å². The topological polar surface area (TPSA) is 46.5 Å². The number of hydrogen-bond acceptors (Lipinski definition) is 2. The van der Waals surface area contributed by atoms with E-state index >= 15 is 0 Å². The molecule has 0 heterocycles. The second kappa shape index (κ2) is 5.21. The van der Waals surface area contributed by atoms with Gasteiger partial charge in [-0.1, -0.05) is 24.6 Å². The number of aryl methyl sites for hydroxylation is 1. The summed E-state index contributed by atoms with van der Waals surface area (Å²) in [5.74, 6) is -0.268. The Morgan fingerprint density at radius 1 is 1.56 bits per heavy atom. The van der Waals surface area contributed by atoms with Gasteiger partial charge in [-0.05, 0) is 30.0 Å². The molecule has 0 saturated heterocycles. The third kappa shape index (κ3) is 2.89. The number of methoxy groups -OCH3 is 1. The van der Waals surface area contributed by atoms with Gasteiger partial charge >= 0.3 is 5.97 Å². The highest BCUT2D eigenvalue weighted by molar-refractivity contribution is 6.32. The zero-order valence-corrected chi connectivity index (χ0v) is 10.3. The van der Waals surface area contributed by atoms with Crippen molar-refractivity contribution in [3.05, 3.63) is 28.3 Å². The van der Waals surface area contributed by atoms with Crippen LogP contribution in [0.2, 0.25) is 5.02 Å². The lowest BCUT2D eigenvalue weighted by Crippen LogP contribution is -2.03. The highest BCUT2D eigenvalue weighted by atomic mass is 35.5. The van der Waals surface area contributed by atoms with E-state index in [0.29, 0.717) is 10.8 Å². The van der Waals surface area contributed by atoms with E-state index in [1.807, 2.05) is 19.9 Å². The number of ether oxygens (including phenoxy) is 1. The summed E-state index contributed by atoms with van der Waals surface area (Å²) in [6, 6.07) is 3.70. The first kappa shape index (κ1) is 12.8. The molecule has 0 aliphatic carbocycles. The summed E-state index contributed by atoms with van der Waals surface area (Å²) in [4.78, 5) is 10.6. The summed E-state index contributed by atoms with van der Waals surface area (Å²) in [6.07, 6.45) is 0.101. The maximum Gasteiger partial charge on any atom is 0.303 e. The van der Waals surface area contributed by atoms with Gasteiger partial charge in [-0.15, -0.1) is 0 Å². The van der Waals surface area contributed by atoms with Gasteiger partial charge in [0.05, 0.1) is 18.6 Å². The van der Waals surface area contributed by atoms with Gasteiger partial charge in [-0.3, -0.25) is 4.79 Å². The van der Waals surface area contributed by atoms with Crippen LogP contribution in [0.15, 0.2) is 12.1 Å². The molecule has 16 heavy (non-hydrogen) atoms. The van der Waals surface area contributed by atoms with Crippen molar-refractivity contribution in [1.29, 1.82) is 0 Å². The second-order valence-corrected chi connectivity index (χ2v) is 4.23. The van der Waals surface area contributed by atoms with Crippen LogP contribution in [0, 0.1) is 6.92 Å². The molecule has 1 unspecified atom stereocenters. The fourth-order valence-electron chi connectivity index (χ4n) is 1.58. The van der Waals surface area contributed by atoms with Gasteiger partial charge in [0.25, 0.3) is 0 Å². The fraction of sp³-hybridized carbons (Fsp3) is 0.417. The third-order valence-electron chi connectivity index (χ3n) is 2.51. The standard InChI is InChI=1S/C12H15ClO3/c1-7(5-11(14)15)9-4-8(2)12(13)10(6-9)16-3/h4,6-7H,5H2,1-3H3,(H,14,15). The lowest BCUT2D eigenvalue weighted by molar-refractivity contribution is -0.137. The molecule has 0 aromatic heterocycles. The quantitative estimate of drug-likeness (QED) is 0.882. The summed E-state index contributed by atoms with van der Waals surface area (Å²) in [5, 5.41) is 9.32. The highest BCUT2D eigenvalue weighted by Crippen LogP contribution is 2.32. The van der Waals surface area contributed by atoms with E-state index in [-0.39, 0.29) is 12.3 Å². The first-order valence-electron chi connectivity index (χ1n) is 5.01. The Labute approximate surface area is 100.0 Å². The highest BCUT2D eigenvalue weighted by Gasteiger charge is 2.14. The van der Waals surface area contributed by atoms with E-state index in [4.69, 9.17) is 21.4 Å². The fourth-order valence-corrected chi connectivity index (χ4v) is 1.76. The first-order valence-corrected chi connectivity index (χ1v) is 5.39. The minimum Gasteiger partial charge on any atom is -0.495 e. The lowest BCUT2D eigenvalue weighted by atomic mass is 9.96. The molecule has 3 nitrogen and oxygen atoms in total. The Hall–Kier alpha value is -1.22. The summed E-state index contributed by atoms with van der Waals surface area (Å²) in [6.45, 7) is 3.75. The molecule has 0 aliphatic rings. The van der Waals surface area contributed by atoms with Gasteiger partial charge in [-0.2, -0.15) is 0 Å². The van der Waals surface area contributed by atoms with E-state index in [1.54, 1.807) is 13.2 Å². The number of benzene rings is 1. The Bertz CT molecular complexity index is 401. The van der Waals surface area contributed by atoms with E-state index in [9.17, 15) is 4.79 Å². The maximum absolute atomic E-state index is 10.6. The van der Waals surface area contributed by atoms with Crippen molar-refractivity contribution >= 4 is 17.6 Å². The van der Waals surface area contributed by atoms with E-state index in [2.05, 4.69) is 0 Å². The van der Waals surface area contributed by atoms with Crippen LogP contribution in [0.5, 0.6) is 5.75 Å². The molecule has 0 aliphatic heterocycles. The number of halogens is 1. The van der Waals surface area contributed by atoms with Gasteiger partial charge in [0, 0.05) is 0 Å². The van der Waals surface area contributed by atoms with Crippen molar-refractivity contribution in [1.82, 2.24) is 0 Å². The smallest absolute Gasteiger partial charge is 0.303 e. The third-order valence-corrected chi connectivity index (χ3v) is 3.00. The number of aliphatic carboxylic acids is 1. The number of carboxylic acid groups (broad SMARTS) is 1. The molecule has 0 radical (unpaired) electrons. The van der Waals surface area contributed by atoms with Crippen LogP contribution in [0.1, 0.15) is 30.4 Å². The summed E-state index contributed by atoms with van der Waals surface area (Å²) >= 11 is 6.03. The molecule has 0 fully saturated rings. The molecule has 1 aromatic rings. The first-order chi connectivity index (χ1) is 7.45. The SMILES string of the molecule is COc1cc(C(C)CC(=O)O)cc(C)c1Cl. The molecule has 1 aromatic carbocycles. The molecule has 1 N–H and O–H groups in total. The Morgan fingerprint density at radius 2 is 2.19 bits per heavy atom. The van der Waals surface area contributed by atoms with Crippen LogP contribution in [-0.2, 0) is 4.79 Å². The summed E-state index contributed by atoms with van der Waals surface area (Å²) in [5.41, 5.74) is 1.83. The number of hydrogen-bond donors (Lipinski definition) is 1. The molecule has 1 rings (SSSR count). The van der Waals surface area contributed by atoms with Gasteiger partial charge < -0.3 is 9.84 Å². The van der Waals surface area contributed by atoms with Gasteiger partial charge in [0.2, 0.25) is 0 Å². The molecular weight excluding hydrogens is 228 g/mol. The van der Waals surface area contributed by atoms with Crippen LogP contribution in [-0.4, -0.2) is 18.2 Å². The van der Waals surface area contributed by atoms with E-state index in [1.165, 1.54) is 0 Å². The number of carbonyl (C=O) groups is 1. The minimum atomic E-state index is -0.806. The van der Waals surface area contributed by atoms with Gasteiger partial charge in [-0.25, -0.2) is 0 Å². The monoisotopic (exact) mass is 242 g/mol. The molecule has 4 heteroatoms. The summed E-state index contributed by atoms with van der Waals surface area (Å²) < 4.78 is 5.14. The van der Waals surface area contributed by atoms with Gasteiger partial charge in [0.15, 0.2) is 0 Å². The van der Waals surface area contributed by atoms with Gasteiger partial charge in [0.1, 0.15) is 5.75 Å². The molecular formula is C12H15ClO3. The van der Waals surface area contributed by atoms with Crippen molar-refractivity contribution in [3.63, 3.8) is 0 Å². The predicted molar refractivity (Wildman–Crippen MR) is 63.4 cm³/mol. The molecule has 0 amide bonds. The van der Waals surface area contributed by atoms with Crippen LogP contribution >= 0.6 is 11.6 Å². The average Bonchev–Trinajstić information content (AvgIpc) is 2.20.